The quantitative estimate of drug-likeness (QED) is 0.577. The molecule has 70 valence electrons. The molecule has 0 saturated carbocycles. The Hall–Kier alpha value is 0.310. The summed E-state index contributed by atoms with van der Waals surface area (Å²) in [7, 11) is -4.31. The van der Waals surface area contributed by atoms with Crippen molar-refractivity contribution in [2.45, 2.75) is 33.4 Å². The molecule has 0 aliphatic carbocycles. The van der Waals surface area contributed by atoms with Crippen LogP contribution in [0.2, 0.25) is 0 Å². The molecule has 0 aromatic rings. The first kappa shape index (κ1) is 11.3. The van der Waals surface area contributed by atoms with Gasteiger partial charge in [-0.15, -0.1) is 0 Å². The van der Waals surface area contributed by atoms with Gasteiger partial charge in [0, 0.05) is 0 Å². The first-order chi connectivity index (χ1) is 4.63. The van der Waals surface area contributed by atoms with Crippen molar-refractivity contribution in [1.29, 1.82) is 0 Å². The van der Waals surface area contributed by atoms with Gasteiger partial charge in [0.05, 0.1) is 0 Å². The topological polar surface area (TPSA) is 60.7 Å². The van der Waals surface area contributed by atoms with Gasteiger partial charge in [-0.1, -0.05) is 0 Å². The second-order valence-corrected chi connectivity index (χ2v) is 7.73. The molecule has 0 heterocycles. The number of hydrogen-bond donors (Lipinski definition) is 3. The van der Waals surface area contributed by atoms with Crippen molar-refractivity contribution in [3.05, 3.63) is 0 Å². The molecule has 0 spiro atoms. The average Bonchev–Trinajstić information content (AvgIpc) is 1.57. The third-order valence-electron chi connectivity index (χ3n) is 1.77. The van der Waals surface area contributed by atoms with Crippen LogP contribution in [0.3, 0.4) is 0 Å². The standard InChI is InChI=1S/C7H19O3P/c1-6(2)5-11(8,9,10)7(3)4/h6-10H,5H2,1-4H3. The summed E-state index contributed by atoms with van der Waals surface area (Å²) in [6.45, 7) is 6.96. The molecule has 0 amide bonds. The first-order valence-corrected chi connectivity index (χ1v) is 6.24. The van der Waals surface area contributed by atoms with Gasteiger partial charge in [0.2, 0.25) is 0 Å². The SMILES string of the molecule is CC(C)CP(O)(O)(O)C(C)C. The van der Waals surface area contributed by atoms with E-state index in [0.29, 0.717) is 0 Å². The van der Waals surface area contributed by atoms with Crippen LogP contribution < -0.4 is 0 Å². The van der Waals surface area contributed by atoms with E-state index in [1.165, 1.54) is 0 Å². The number of rotatable bonds is 3. The van der Waals surface area contributed by atoms with Gasteiger partial charge in [0.1, 0.15) is 0 Å². The molecule has 0 fully saturated rings. The van der Waals surface area contributed by atoms with Crippen LogP contribution in [0.4, 0.5) is 0 Å². The van der Waals surface area contributed by atoms with Gasteiger partial charge in [-0.2, -0.15) is 0 Å². The van der Waals surface area contributed by atoms with Crippen LogP contribution in [0.1, 0.15) is 27.7 Å². The second kappa shape index (κ2) is 2.98. The van der Waals surface area contributed by atoms with E-state index in [9.17, 15) is 14.7 Å². The summed E-state index contributed by atoms with van der Waals surface area (Å²) in [6, 6.07) is 0. The van der Waals surface area contributed by atoms with Crippen LogP contribution in [0, 0.1) is 5.92 Å². The molecular formula is C7H19O3P. The molecule has 0 unspecified atom stereocenters. The van der Waals surface area contributed by atoms with Gasteiger partial charge >= 0.3 is 67.4 Å². The molecule has 3 nitrogen and oxygen atoms in total. The van der Waals surface area contributed by atoms with Crippen molar-refractivity contribution in [3.63, 3.8) is 0 Å². The molecule has 3 N–H and O–H groups in total. The van der Waals surface area contributed by atoms with Crippen molar-refractivity contribution < 1.29 is 14.7 Å². The summed E-state index contributed by atoms with van der Waals surface area (Å²) in [5.74, 6) is 0.107. The van der Waals surface area contributed by atoms with E-state index < -0.39 is 12.9 Å². The molecule has 4 heteroatoms. The fourth-order valence-corrected chi connectivity index (χ4v) is 2.73. The van der Waals surface area contributed by atoms with Gasteiger partial charge in [-0.05, 0) is 0 Å². The second-order valence-electron chi connectivity index (χ2n) is 3.89. The fraction of sp³-hybridized carbons (Fsp3) is 1.00. The molecular weight excluding hydrogens is 163 g/mol. The van der Waals surface area contributed by atoms with E-state index in [4.69, 9.17) is 0 Å². The molecule has 0 aromatic carbocycles. The Kier molecular flexibility index (Phi) is 3.07. The maximum absolute atomic E-state index is 9.47. The Morgan fingerprint density at radius 3 is 1.45 bits per heavy atom. The Morgan fingerprint density at radius 1 is 1.00 bits per heavy atom. The van der Waals surface area contributed by atoms with Gasteiger partial charge in [-0.3, -0.25) is 0 Å². The Bertz CT molecular complexity index is 134. The monoisotopic (exact) mass is 182 g/mol. The molecule has 0 atom stereocenters. The molecule has 11 heavy (non-hydrogen) atoms. The first-order valence-electron chi connectivity index (χ1n) is 3.89. The van der Waals surface area contributed by atoms with Crippen molar-refractivity contribution in [3.8, 4) is 0 Å². The third-order valence-corrected chi connectivity index (χ3v) is 5.32. The van der Waals surface area contributed by atoms with Crippen molar-refractivity contribution >= 4 is 7.28 Å². The van der Waals surface area contributed by atoms with Crippen LogP contribution in [-0.2, 0) is 0 Å². The average molecular weight is 182 g/mol. The summed E-state index contributed by atoms with van der Waals surface area (Å²) in [5, 5.41) is 0. The van der Waals surface area contributed by atoms with Crippen LogP contribution in [0.15, 0.2) is 0 Å². The van der Waals surface area contributed by atoms with Crippen LogP contribution in [0.5, 0.6) is 0 Å². The zero-order valence-electron chi connectivity index (χ0n) is 7.65. The molecule has 0 bridgehead atoms. The molecule has 0 radical (unpaired) electrons. The zero-order valence-corrected chi connectivity index (χ0v) is 8.55. The summed E-state index contributed by atoms with van der Waals surface area (Å²) < 4.78 is 0. The minimum atomic E-state index is -4.31. The maximum atomic E-state index is 9.47. The van der Waals surface area contributed by atoms with Crippen molar-refractivity contribution in [2.24, 2.45) is 5.92 Å². The van der Waals surface area contributed by atoms with E-state index in [2.05, 4.69) is 0 Å². The fourth-order valence-electron chi connectivity index (χ4n) is 0.912. The number of hydrogen-bond acceptors (Lipinski definition) is 3. The summed E-state index contributed by atoms with van der Waals surface area (Å²) in [5.41, 5.74) is -0.455. The molecule has 0 rings (SSSR count). The van der Waals surface area contributed by atoms with E-state index in [-0.39, 0.29) is 12.1 Å². The summed E-state index contributed by atoms with van der Waals surface area (Å²) in [6.07, 6.45) is 0.100. The van der Waals surface area contributed by atoms with Crippen molar-refractivity contribution in [1.82, 2.24) is 0 Å². The van der Waals surface area contributed by atoms with Gasteiger partial charge in [-0.25, -0.2) is 0 Å². The summed E-state index contributed by atoms with van der Waals surface area (Å²) >= 11 is 0. The Balaban J connectivity index is 4.39. The van der Waals surface area contributed by atoms with Gasteiger partial charge in [0.25, 0.3) is 0 Å². The predicted octanol–water partition coefficient (Wildman–Crippen LogP) is 1.33. The third kappa shape index (κ3) is 3.48. The predicted molar refractivity (Wildman–Crippen MR) is 48.4 cm³/mol. The van der Waals surface area contributed by atoms with E-state index in [1.54, 1.807) is 13.8 Å². The van der Waals surface area contributed by atoms with Crippen molar-refractivity contribution in [2.75, 3.05) is 6.16 Å². The van der Waals surface area contributed by atoms with E-state index in [1.807, 2.05) is 13.8 Å². The molecule has 0 aliphatic rings. The Labute approximate surface area is 68.2 Å². The zero-order chi connectivity index (χ0) is 9.31. The molecule has 0 aliphatic heterocycles. The normalized spacial score (nSPS) is 17.0. The van der Waals surface area contributed by atoms with Crippen LogP contribution >= 0.6 is 7.28 Å². The molecule has 0 aromatic heterocycles. The Morgan fingerprint density at radius 2 is 1.36 bits per heavy atom. The van der Waals surface area contributed by atoms with Crippen LogP contribution in [0.25, 0.3) is 0 Å². The van der Waals surface area contributed by atoms with E-state index >= 15 is 0 Å². The molecule has 0 saturated heterocycles. The van der Waals surface area contributed by atoms with Crippen LogP contribution in [-0.4, -0.2) is 26.5 Å². The van der Waals surface area contributed by atoms with Gasteiger partial charge < -0.3 is 0 Å². The summed E-state index contributed by atoms with van der Waals surface area (Å²) in [4.78, 5) is 28.4. The van der Waals surface area contributed by atoms with Gasteiger partial charge in [0.15, 0.2) is 0 Å². The van der Waals surface area contributed by atoms with E-state index in [0.717, 1.165) is 0 Å². The minimum absolute atomic E-state index is 0.100.